The van der Waals surface area contributed by atoms with Crippen molar-refractivity contribution >= 4 is 11.6 Å². The number of hydrogen-bond acceptors (Lipinski definition) is 5. The lowest BCUT2D eigenvalue weighted by Crippen LogP contribution is -2.40. The van der Waals surface area contributed by atoms with Crippen LogP contribution >= 0.6 is 0 Å². The summed E-state index contributed by atoms with van der Waals surface area (Å²) in [5.41, 5.74) is 9.33. The molecule has 0 saturated carbocycles. The standard InChI is InChI=1S/C22H30N4O3/c1-27-16-18-5-3-4-6-20(18)25-22(23)24-15-21(26-11-13-29-14-12-26)17-7-9-19(28-2)10-8-17/h3-10,21H,11-16H2,1-2H3,(H3,23,24,25). The summed E-state index contributed by atoms with van der Waals surface area (Å²) < 4.78 is 16.1. The minimum Gasteiger partial charge on any atom is -0.497 e. The van der Waals surface area contributed by atoms with E-state index in [0.717, 1.165) is 43.3 Å². The van der Waals surface area contributed by atoms with E-state index in [4.69, 9.17) is 19.9 Å². The van der Waals surface area contributed by atoms with Crippen molar-refractivity contribution in [1.29, 1.82) is 0 Å². The monoisotopic (exact) mass is 398 g/mol. The number of benzene rings is 2. The lowest BCUT2D eigenvalue weighted by atomic mass is 10.0. The third kappa shape index (κ3) is 5.93. The Balaban J connectivity index is 1.74. The van der Waals surface area contributed by atoms with Crippen LogP contribution in [0.4, 0.5) is 5.69 Å². The van der Waals surface area contributed by atoms with Gasteiger partial charge in [0, 0.05) is 31.5 Å². The summed E-state index contributed by atoms with van der Waals surface area (Å²) in [5, 5.41) is 3.21. The number of nitrogens with one attached hydrogen (secondary N) is 1. The van der Waals surface area contributed by atoms with Gasteiger partial charge in [-0.25, -0.2) is 0 Å². The second-order valence-corrected chi connectivity index (χ2v) is 6.88. The van der Waals surface area contributed by atoms with Gasteiger partial charge in [-0.15, -0.1) is 0 Å². The first-order valence-electron chi connectivity index (χ1n) is 9.81. The van der Waals surface area contributed by atoms with Crippen molar-refractivity contribution in [3.8, 4) is 5.75 Å². The highest BCUT2D eigenvalue weighted by Gasteiger charge is 2.22. The van der Waals surface area contributed by atoms with Crippen molar-refractivity contribution in [3.05, 3.63) is 59.7 Å². The molecule has 156 valence electrons. The maximum absolute atomic E-state index is 6.21. The Morgan fingerprint density at radius 3 is 2.55 bits per heavy atom. The van der Waals surface area contributed by atoms with Crippen LogP contribution in [-0.2, 0) is 16.1 Å². The number of ether oxygens (including phenoxy) is 3. The van der Waals surface area contributed by atoms with Gasteiger partial charge < -0.3 is 25.3 Å². The molecule has 3 rings (SSSR count). The van der Waals surface area contributed by atoms with E-state index in [2.05, 4.69) is 27.3 Å². The first kappa shape index (κ1) is 21.1. The average Bonchev–Trinajstić information content (AvgIpc) is 2.76. The van der Waals surface area contributed by atoms with E-state index < -0.39 is 0 Å². The third-order valence-electron chi connectivity index (χ3n) is 5.00. The minimum atomic E-state index is 0.124. The van der Waals surface area contributed by atoms with Crippen molar-refractivity contribution in [3.63, 3.8) is 0 Å². The molecule has 1 fully saturated rings. The Labute approximate surface area is 172 Å². The van der Waals surface area contributed by atoms with E-state index in [1.807, 2.05) is 36.4 Å². The zero-order chi connectivity index (χ0) is 20.5. The zero-order valence-corrected chi connectivity index (χ0v) is 17.1. The molecular formula is C22H30N4O3. The van der Waals surface area contributed by atoms with Crippen LogP contribution in [0.3, 0.4) is 0 Å². The van der Waals surface area contributed by atoms with Gasteiger partial charge in [-0.2, -0.15) is 0 Å². The van der Waals surface area contributed by atoms with Gasteiger partial charge in [0.1, 0.15) is 5.75 Å². The highest BCUT2D eigenvalue weighted by molar-refractivity contribution is 5.93. The predicted octanol–water partition coefficient (Wildman–Crippen LogP) is 2.64. The van der Waals surface area contributed by atoms with Crippen LogP contribution in [0.2, 0.25) is 0 Å². The van der Waals surface area contributed by atoms with Gasteiger partial charge in [0.2, 0.25) is 0 Å². The largest absolute Gasteiger partial charge is 0.497 e. The Hall–Kier alpha value is -2.61. The molecule has 29 heavy (non-hydrogen) atoms. The van der Waals surface area contributed by atoms with Gasteiger partial charge in [-0.3, -0.25) is 9.89 Å². The molecule has 2 aromatic carbocycles. The van der Waals surface area contributed by atoms with E-state index in [0.29, 0.717) is 19.1 Å². The number of para-hydroxylation sites is 1. The highest BCUT2D eigenvalue weighted by atomic mass is 16.5. The first-order valence-corrected chi connectivity index (χ1v) is 9.81. The van der Waals surface area contributed by atoms with Crippen LogP contribution in [0, 0.1) is 0 Å². The van der Waals surface area contributed by atoms with Crippen molar-refractivity contribution < 1.29 is 14.2 Å². The number of guanidine groups is 1. The number of methoxy groups -OCH3 is 2. The maximum atomic E-state index is 6.21. The number of rotatable bonds is 8. The number of morpholine rings is 1. The molecule has 1 unspecified atom stereocenters. The summed E-state index contributed by atoms with van der Waals surface area (Å²) in [5.74, 6) is 1.23. The molecule has 1 aliphatic heterocycles. The van der Waals surface area contributed by atoms with Crippen LogP contribution in [0.15, 0.2) is 53.5 Å². The Morgan fingerprint density at radius 2 is 1.86 bits per heavy atom. The molecular weight excluding hydrogens is 368 g/mol. The van der Waals surface area contributed by atoms with Gasteiger partial charge in [-0.1, -0.05) is 30.3 Å². The van der Waals surface area contributed by atoms with Gasteiger partial charge in [0.15, 0.2) is 5.96 Å². The van der Waals surface area contributed by atoms with Gasteiger partial charge in [0.25, 0.3) is 0 Å². The zero-order valence-electron chi connectivity index (χ0n) is 17.1. The molecule has 0 aromatic heterocycles. The van der Waals surface area contributed by atoms with E-state index >= 15 is 0 Å². The Bertz CT molecular complexity index is 789. The van der Waals surface area contributed by atoms with Gasteiger partial charge >= 0.3 is 0 Å². The molecule has 7 nitrogen and oxygen atoms in total. The number of anilines is 1. The Kier molecular flexibility index (Phi) is 7.86. The van der Waals surface area contributed by atoms with E-state index in [1.54, 1.807) is 14.2 Å². The normalized spacial score (nSPS) is 16.4. The van der Waals surface area contributed by atoms with Crippen LogP contribution in [0.1, 0.15) is 17.2 Å². The molecule has 1 saturated heterocycles. The summed E-state index contributed by atoms with van der Waals surface area (Å²) in [6, 6.07) is 16.2. The minimum absolute atomic E-state index is 0.124. The first-order chi connectivity index (χ1) is 14.2. The van der Waals surface area contributed by atoms with Gasteiger partial charge in [0.05, 0.1) is 39.5 Å². The summed E-state index contributed by atoms with van der Waals surface area (Å²) in [7, 11) is 3.35. The predicted molar refractivity (Wildman–Crippen MR) is 115 cm³/mol. The topological polar surface area (TPSA) is 81.3 Å². The summed E-state index contributed by atoms with van der Waals surface area (Å²) in [4.78, 5) is 7.03. The highest BCUT2D eigenvalue weighted by Crippen LogP contribution is 2.24. The number of aliphatic imine (C=N–C) groups is 1. The van der Waals surface area contributed by atoms with Crippen molar-refractivity contribution in [2.24, 2.45) is 10.7 Å². The smallest absolute Gasteiger partial charge is 0.193 e. The van der Waals surface area contributed by atoms with E-state index in [-0.39, 0.29) is 6.04 Å². The third-order valence-corrected chi connectivity index (χ3v) is 5.00. The molecule has 7 heteroatoms. The quantitative estimate of drug-likeness (QED) is 0.526. The van der Waals surface area contributed by atoms with Crippen LogP contribution < -0.4 is 15.8 Å². The van der Waals surface area contributed by atoms with Crippen LogP contribution in [-0.4, -0.2) is 57.9 Å². The lowest BCUT2D eigenvalue weighted by Gasteiger charge is -2.34. The molecule has 0 amide bonds. The summed E-state index contributed by atoms with van der Waals surface area (Å²) in [6.45, 7) is 4.27. The number of nitrogens with zero attached hydrogens (tertiary/aromatic N) is 2. The SMILES string of the molecule is COCc1ccccc1NC(N)=NCC(c1ccc(OC)cc1)N1CCOCC1. The lowest BCUT2D eigenvalue weighted by molar-refractivity contribution is 0.0180. The fraction of sp³-hybridized carbons (Fsp3) is 0.409. The molecule has 1 heterocycles. The average molecular weight is 399 g/mol. The number of nitrogens with two attached hydrogens (primary N) is 1. The molecule has 0 spiro atoms. The summed E-state index contributed by atoms with van der Waals surface area (Å²) in [6.07, 6.45) is 0. The van der Waals surface area contributed by atoms with Crippen LogP contribution in [0.5, 0.6) is 5.75 Å². The van der Waals surface area contributed by atoms with Crippen molar-refractivity contribution in [2.75, 3.05) is 52.4 Å². The molecule has 3 N–H and O–H groups in total. The molecule has 0 radical (unpaired) electrons. The molecule has 0 bridgehead atoms. The van der Waals surface area contributed by atoms with Crippen molar-refractivity contribution in [1.82, 2.24) is 4.90 Å². The molecule has 2 aromatic rings. The fourth-order valence-electron chi connectivity index (χ4n) is 3.43. The molecule has 0 aliphatic carbocycles. The summed E-state index contributed by atoms with van der Waals surface area (Å²) >= 11 is 0. The second-order valence-electron chi connectivity index (χ2n) is 6.88. The van der Waals surface area contributed by atoms with Crippen LogP contribution in [0.25, 0.3) is 0 Å². The Morgan fingerprint density at radius 1 is 1.14 bits per heavy atom. The maximum Gasteiger partial charge on any atom is 0.193 e. The number of hydrogen-bond donors (Lipinski definition) is 2. The van der Waals surface area contributed by atoms with E-state index in [1.165, 1.54) is 5.56 Å². The second kappa shape index (κ2) is 10.8. The van der Waals surface area contributed by atoms with Crippen molar-refractivity contribution in [2.45, 2.75) is 12.6 Å². The molecule has 1 aliphatic rings. The van der Waals surface area contributed by atoms with E-state index in [9.17, 15) is 0 Å². The van der Waals surface area contributed by atoms with Gasteiger partial charge in [-0.05, 0) is 23.8 Å². The molecule has 1 atom stereocenters. The fourth-order valence-corrected chi connectivity index (χ4v) is 3.43.